The van der Waals surface area contributed by atoms with E-state index in [2.05, 4.69) is 36.4 Å². The quantitative estimate of drug-likeness (QED) is 0.898. The highest BCUT2D eigenvalue weighted by molar-refractivity contribution is 5.94. The largest absolute Gasteiger partial charge is 0.365 e. The van der Waals surface area contributed by atoms with Crippen LogP contribution < -0.4 is 10.6 Å². The Morgan fingerprint density at radius 2 is 2.10 bits per heavy atom. The summed E-state index contributed by atoms with van der Waals surface area (Å²) >= 11 is 0. The highest BCUT2D eigenvalue weighted by atomic mass is 35.5. The summed E-state index contributed by atoms with van der Waals surface area (Å²) in [7, 11) is 1.94. The number of hydrogen-bond acceptors (Lipinski definition) is 4. The smallest absolute Gasteiger partial charge is 0.255 e. The Morgan fingerprint density at radius 3 is 2.57 bits per heavy atom. The van der Waals surface area contributed by atoms with Crippen LogP contribution in [0.1, 0.15) is 37.6 Å². The maximum Gasteiger partial charge on any atom is 0.255 e. The van der Waals surface area contributed by atoms with Gasteiger partial charge < -0.3 is 15.5 Å². The Bertz CT molecular complexity index is 470. The minimum Gasteiger partial charge on any atom is -0.365 e. The number of nitrogens with zero attached hydrogens (tertiary/aromatic N) is 2. The molecule has 1 fully saturated rings. The average molecular weight is 313 g/mol. The molecule has 1 aliphatic heterocycles. The van der Waals surface area contributed by atoms with Gasteiger partial charge in [-0.2, -0.15) is 0 Å². The van der Waals surface area contributed by atoms with Crippen LogP contribution in [0.2, 0.25) is 0 Å². The Morgan fingerprint density at radius 1 is 1.38 bits per heavy atom. The van der Waals surface area contributed by atoms with Crippen molar-refractivity contribution >= 4 is 24.1 Å². The third-order valence-corrected chi connectivity index (χ3v) is 3.40. The van der Waals surface area contributed by atoms with E-state index in [-0.39, 0.29) is 23.9 Å². The van der Waals surface area contributed by atoms with Crippen molar-refractivity contribution in [2.24, 2.45) is 0 Å². The first-order chi connectivity index (χ1) is 9.39. The van der Waals surface area contributed by atoms with Crippen molar-refractivity contribution in [3.05, 3.63) is 23.9 Å². The maximum absolute atomic E-state index is 12.3. The molecule has 0 saturated carbocycles. The summed E-state index contributed by atoms with van der Waals surface area (Å²) in [4.78, 5) is 18.5. The molecule has 0 aliphatic carbocycles. The molecule has 2 heterocycles. The molecule has 5 nitrogen and oxygen atoms in total. The van der Waals surface area contributed by atoms with E-state index in [4.69, 9.17) is 0 Å². The predicted octanol–water partition coefficient (Wildman–Crippen LogP) is 2.15. The molecule has 21 heavy (non-hydrogen) atoms. The van der Waals surface area contributed by atoms with Crippen molar-refractivity contribution in [1.82, 2.24) is 15.2 Å². The van der Waals surface area contributed by atoms with Gasteiger partial charge in [0.25, 0.3) is 5.91 Å². The van der Waals surface area contributed by atoms with Crippen LogP contribution in [-0.4, -0.2) is 47.5 Å². The molecule has 118 valence electrons. The number of carbonyl (C=O) groups is 1. The van der Waals surface area contributed by atoms with Crippen molar-refractivity contribution in [3.63, 3.8) is 0 Å². The molecule has 6 heteroatoms. The third-order valence-electron chi connectivity index (χ3n) is 3.40. The lowest BCUT2D eigenvalue weighted by atomic mass is 10.1. The van der Waals surface area contributed by atoms with Gasteiger partial charge >= 0.3 is 0 Å². The number of nitrogens with one attached hydrogen (secondary N) is 2. The van der Waals surface area contributed by atoms with Gasteiger partial charge in [-0.3, -0.25) is 4.79 Å². The van der Waals surface area contributed by atoms with Gasteiger partial charge in [0.05, 0.1) is 5.56 Å². The monoisotopic (exact) mass is 312 g/mol. The first kappa shape index (κ1) is 17.7. The summed E-state index contributed by atoms with van der Waals surface area (Å²) in [5.41, 5.74) is 0.620. The Labute approximate surface area is 132 Å². The summed E-state index contributed by atoms with van der Waals surface area (Å²) in [6.07, 6.45) is 2.67. The fourth-order valence-electron chi connectivity index (χ4n) is 2.34. The zero-order valence-corrected chi connectivity index (χ0v) is 14.0. The van der Waals surface area contributed by atoms with E-state index in [1.807, 2.05) is 24.1 Å². The van der Waals surface area contributed by atoms with Crippen LogP contribution in [0.3, 0.4) is 0 Å². The number of halogens is 1. The number of likely N-dealkylation sites (N-methyl/N-ethyl adjacent to an activating group) is 1. The molecule has 0 aromatic carbocycles. The van der Waals surface area contributed by atoms with Gasteiger partial charge in [0.15, 0.2) is 0 Å². The normalized spacial score (nSPS) is 18.3. The van der Waals surface area contributed by atoms with Crippen LogP contribution in [0, 0.1) is 0 Å². The number of anilines is 1. The number of hydrogen-bond donors (Lipinski definition) is 2. The number of pyridine rings is 1. The molecular formula is C15H25ClN4O. The zero-order chi connectivity index (χ0) is 14.8. The van der Waals surface area contributed by atoms with Gasteiger partial charge in [-0.25, -0.2) is 4.98 Å². The second-order valence-electron chi connectivity index (χ2n) is 6.33. The second-order valence-corrected chi connectivity index (χ2v) is 6.33. The van der Waals surface area contributed by atoms with E-state index < -0.39 is 0 Å². The van der Waals surface area contributed by atoms with E-state index in [0.717, 1.165) is 25.3 Å². The standard InChI is InChI=1S/C15H24N4O.ClH/c1-15(2,3)18-13-6-5-11(9-17-13)14(20)19-8-7-12(10-19)16-4;/h5-6,9,12,16H,7-8,10H2,1-4H3,(H,17,18);1H/t12-;/m0./s1. The topological polar surface area (TPSA) is 57.3 Å². The van der Waals surface area contributed by atoms with Crippen LogP contribution in [0.15, 0.2) is 18.3 Å². The molecule has 2 rings (SSSR count). The lowest BCUT2D eigenvalue weighted by Gasteiger charge is -2.21. The van der Waals surface area contributed by atoms with Crippen molar-refractivity contribution in [2.45, 2.75) is 38.8 Å². The average Bonchev–Trinajstić information content (AvgIpc) is 2.85. The second kappa shape index (κ2) is 7.09. The van der Waals surface area contributed by atoms with Gasteiger partial charge in [0, 0.05) is 30.9 Å². The van der Waals surface area contributed by atoms with Crippen LogP contribution in [0.4, 0.5) is 5.82 Å². The van der Waals surface area contributed by atoms with E-state index in [0.29, 0.717) is 11.6 Å². The van der Waals surface area contributed by atoms with Crippen LogP contribution in [0.25, 0.3) is 0 Å². The molecule has 2 N–H and O–H groups in total. The number of carbonyl (C=O) groups excluding carboxylic acids is 1. The van der Waals surface area contributed by atoms with E-state index in [1.54, 1.807) is 6.20 Å². The summed E-state index contributed by atoms with van der Waals surface area (Å²) in [5.74, 6) is 0.862. The molecule has 1 aliphatic rings. The summed E-state index contributed by atoms with van der Waals surface area (Å²) < 4.78 is 0. The van der Waals surface area contributed by atoms with E-state index >= 15 is 0 Å². The van der Waals surface area contributed by atoms with Crippen LogP contribution in [0.5, 0.6) is 0 Å². The van der Waals surface area contributed by atoms with Crippen molar-refractivity contribution in [3.8, 4) is 0 Å². The molecule has 1 aromatic heterocycles. The molecule has 0 bridgehead atoms. The minimum absolute atomic E-state index is 0. The molecule has 0 unspecified atom stereocenters. The minimum atomic E-state index is -0.0342. The Hall–Kier alpha value is -1.33. The van der Waals surface area contributed by atoms with Gasteiger partial charge in [-0.1, -0.05) is 0 Å². The third kappa shape index (κ3) is 4.86. The highest BCUT2D eigenvalue weighted by Crippen LogP contribution is 2.16. The number of amides is 1. The fraction of sp³-hybridized carbons (Fsp3) is 0.600. The van der Waals surface area contributed by atoms with Gasteiger partial charge in [0.1, 0.15) is 5.82 Å². The van der Waals surface area contributed by atoms with Crippen molar-refractivity contribution < 1.29 is 4.79 Å². The fourth-order valence-corrected chi connectivity index (χ4v) is 2.34. The number of likely N-dealkylation sites (tertiary alicyclic amines) is 1. The van der Waals surface area contributed by atoms with Crippen molar-refractivity contribution in [2.75, 3.05) is 25.5 Å². The number of rotatable bonds is 3. The predicted molar refractivity (Wildman–Crippen MR) is 88.2 cm³/mol. The molecule has 0 radical (unpaired) electrons. The van der Waals surface area contributed by atoms with E-state index in [1.165, 1.54) is 0 Å². The summed E-state index contributed by atoms with van der Waals surface area (Å²) in [6.45, 7) is 7.82. The van der Waals surface area contributed by atoms with Crippen LogP contribution in [-0.2, 0) is 0 Å². The molecule has 0 spiro atoms. The molecule has 1 atom stereocenters. The summed E-state index contributed by atoms with van der Waals surface area (Å²) in [5, 5.41) is 6.50. The number of aromatic nitrogens is 1. The molecular weight excluding hydrogens is 288 g/mol. The van der Waals surface area contributed by atoms with Crippen LogP contribution >= 0.6 is 12.4 Å². The molecule has 1 aromatic rings. The SMILES string of the molecule is CN[C@H]1CCN(C(=O)c2ccc(NC(C)(C)C)nc2)C1.Cl. The zero-order valence-electron chi connectivity index (χ0n) is 13.1. The van der Waals surface area contributed by atoms with E-state index in [9.17, 15) is 4.79 Å². The summed E-state index contributed by atoms with van der Waals surface area (Å²) in [6, 6.07) is 4.12. The maximum atomic E-state index is 12.3. The Balaban J connectivity index is 0.00000220. The molecule has 1 amide bonds. The lowest BCUT2D eigenvalue weighted by molar-refractivity contribution is 0.0789. The first-order valence-corrected chi connectivity index (χ1v) is 7.10. The molecule has 1 saturated heterocycles. The lowest BCUT2D eigenvalue weighted by Crippen LogP contribution is -2.33. The van der Waals surface area contributed by atoms with Crippen molar-refractivity contribution in [1.29, 1.82) is 0 Å². The van der Waals surface area contributed by atoms with Gasteiger partial charge in [0.2, 0.25) is 0 Å². The van der Waals surface area contributed by atoms with Gasteiger partial charge in [-0.15, -0.1) is 12.4 Å². The first-order valence-electron chi connectivity index (χ1n) is 7.10. The highest BCUT2D eigenvalue weighted by Gasteiger charge is 2.26. The Kier molecular flexibility index (Phi) is 5.98. The van der Waals surface area contributed by atoms with Gasteiger partial charge in [-0.05, 0) is 46.4 Å².